The Hall–Kier alpha value is -2.37. The van der Waals surface area contributed by atoms with Gasteiger partial charge in [-0.3, -0.25) is 0 Å². The molecule has 0 saturated carbocycles. The van der Waals surface area contributed by atoms with E-state index in [0.717, 1.165) is 5.75 Å². The molecule has 0 amide bonds. The lowest BCUT2D eigenvalue weighted by Gasteiger charge is -2.12. The molecule has 1 aromatic heterocycles. The molecule has 0 fully saturated rings. The van der Waals surface area contributed by atoms with Crippen molar-refractivity contribution in [3.05, 3.63) is 35.2 Å². The van der Waals surface area contributed by atoms with E-state index in [1.54, 1.807) is 4.90 Å². The predicted octanol–water partition coefficient (Wildman–Crippen LogP) is 1.72. The van der Waals surface area contributed by atoms with Crippen molar-refractivity contribution in [3.8, 4) is 5.75 Å². The van der Waals surface area contributed by atoms with Gasteiger partial charge in [0.15, 0.2) is 5.82 Å². The first kappa shape index (κ1) is 14.0. The van der Waals surface area contributed by atoms with E-state index in [-0.39, 0.29) is 12.6 Å². The first-order valence-electron chi connectivity index (χ1n) is 6.33. The number of hydrogen-bond donors (Lipinski definition) is 1. The zero-order valence-corrected chi connectivity index (χ0v) is 12.2. The number of aryl methyl sites for hydroxylation is 2. The summed E-state index contributed by atoms with van der Waals surface area (Å²) >= 11 is 0. The third-order valence-corrected chi connectivity index (χ3v) is 2.93. The molecule has 106 valence electrons. The van der Waals surface area contributed by atoms with Gasteiger partial charge in [0.2, 0.25) is 11.9 Å². The smallest absolute Gasteiger partial charge is 0.230 e. The van der Waals surface area contributed by atoms with Crippen LogP contribution in [0.25, 0.3) is 0 Å². The van der Waals surface area contributed by atoms with Crippen LogP contribution in [-0.4, -0.2) is 29.0 Å². The summed E-state index contributed by atoms with van der Waals surface area (Å²) in [5.41, 5.74) is 8.09. The van der Waals surface area contributed by atoms with Crippen molar-refractivity contribution >= 4 is 11.9 Å². The molecule has 1 aromatic carbocycles. The number of nitrogen functional groups attached to an aromatic ring is 1. The summed E-state index contributed by atoms with van der Waals surface area (Å²) in [7, 11) is 3.70. The molecule has 0 aliphatic rings. The predicted molar refractivity (Wildman–Crippen MR) is 78.8 cm³/mol. The van der Waals surface area contributed by atoms with Gasteiger partial charge >= 0.3 is 0 Å². The molecule has 0 atom stereocenters. The van der Waals surface area contributed by atoms with Crippen LogP contribution < -0.4 is 15.4 Å². The highest BCUT2D eigenvalue weighted by atomic mass is 16.5. The van der Waals surface area contributed by atoms with Gasteiger partial charge in [0.1, 0.15) is 12.4 Å². The molecule has 2 aromatic rings. The molecule has 1 heterocycles. The molecule has 0 unspecified atom stereocenters. The molecular formula is C14H19N5O. The van der Waals surface area contributed by atoms with Crippen LogP contribution in [0.3, 0.4) is 0 Å². The molecule has 6 nitrogen and oxygen atoms in total. The molecule has 6 heteroatoms. The monoisotopic (exact) mass is 273 g/mol. The van der Waals surface area contributed by atoms with Crippen LogP contribution in [0.2, 0.25) is 0 Å². The molecule has 2 rings (SSSR count). The Labute approximate surface area is 118 Å². The first-order valence-corrected chi connectivity index (χ1v) is 6.33. The number of anilines is 2. The van der Waals surface area contributed by atoms with E-state index in [4.69, 9.17) is 10.5 Å². The van der Waals surface area contributed by atoms with Crippen molar-refractivity contribution in [2.45, 2.75) is 20.5 Å². The third kappa shape index (κ3) is 3.34. The van der Waals surface area contributed by atoms with Gasteiger partial charge in [0.05, 0.1) is 0 Å². The third-order valence-electron chi connectivity index (χ3n) is 2.93. The van der Waals surface area contributed by atoms with Crippen LogP contribution in [-0.2, 0) is 6.61 Å². The van der Waals surface area contributed by atoms with Gasteiger partial charge in [-0.2, -0.15) is 15.0 Å². The summed E-state index contributed by atoms with van der Waals surface area (Å²) in [5.74, 6) is 2.02. The second kappa shape index (κ2) is 5.73. The number of benzene rings is 1. The summed E-state index contributed by atoms with van der Waals surface area (Å²) in [6.07, 6.45) is 0. The Balaban J connectivity index is 2.12. The second-order valence-electron chi connectivity index (χ2n) is 4.84. The van der Waals surface area contributed by atoms with Crippen molar-refractivity contribution in [3.63, 3.8) is 0 Å². The highest BCUT2D eigenvalue weighted by Crippen LogP contribution is 2.17. The van der Waals surface area contributed by atoms with Crippen LogP contribution >= 0.6 is 0 Å². The van der Waals surface area contributed by atoms with E-state index in [1.165, 1.54) is 11.1 Å². The van der Waals surface area contributed by atoms with E-state index in [9.17, 15) is 0 Å². The number of hydrogen-bond acceptors (Lipinski definition) is 6. The van der Waals surface area contributed by atoms with Gasteiger partial charge in [-0.1, -0.05) is 6.07 Å². The van der Waals surface area contributed by atoms with Crippen LogP contribution in [0.15, 0.2) is 18.2 Å². The van der Waals surface area contributed by atoms with Gasteiger partial charge < -0.3 is 15.4 Å². The standard InChI is InChI=1S/C14H19N5O/c1-9-5-6-11(7-10(9)2)20-8-12-16-13(15)18-14(17-12)19(3)4/h5-7H,8H2,1-4H3,(H2,15,16,17,18). The van der Waals surface area contributed by atoms with E-state index >= 15 is 0 Å². The van der Waals surface area contributed by atoms with Gasteiger partial charge in [-0.25, -0.2) is 0 Å². The maximum Gasteiger partial charge on any atom is 0.230 e. The Morgan fingerprint density at radius 3 is 2.50 bits per heavy atom. The maximum absolute atomic E-state index is 5.69. The van der Waals surface area contributed by atoms with E-state index in [2.05, 4.69) is 21.9 Å². The molecule has 0 aliphatic carbocycles. The molecule has 20 heavy (non-hydrogen) atoms. The molecule has 0 bridgehead atoms. The normalized spacial score (nSPS) is 10.4. The van der Waals surface area contributed by atoms with Gasteiger partial charge in [0, 0.05) is 14.1 Å². The fourth-order valence-electron chi connectivity index (χ4n) is 1.64. The van der Waals surface area contributed by atoms with Crippen LogP contribution in [0, 0.1) is 13.8 Å². The quantitative estimate of drug-likeness (QED) is 0.914. The van der Waals surface area contributed by atoms with Gasteiger partial charge in [-0.15, -0.1) is 0 Å². The minimum Gasteiger partial charge on any atom is -0.486 e. The van der Waals surface area contributed by atoms with Crippen molar-refractivity contribution in [2.75, 3.05) is 24.7 Å². The summed E-state index contributed by atoms with van der Waals surface area (Å²) in [6, 6.07) is 5.95. The van der Waals surface area contributed by atoms with Crippen molar-refractivity contribution in [1.82, 2.24) is 15.0 Å². The lowest BCUT2D eigenvalue weighted by atomic mass is 10.1. The summed E-state index contributed by atoms with van der Waals surface area (Å²) in [4.78, 5) is 14.2. The first-order chi connectivity index (χ1) is 9.45. The van der Waals surface area contributed by atoms with Crippen LogP contribution in [0.5, 0.6) is 5.75 Å². The number of nitrogens with zero attached hydrogens (tertiary/aromatic N) is 4. The number of ether oxygens (including phenoxy) is 1. The van der Waals surface area contributed by atoms with E-state index in [1.807, 2.05) is 39.2 Å². The maximum atomic E-state index is 5.69. The van der Waals surface area contributed by atoms with Crippen molar-refractivity contribution in [2.24, 2.45) is 0 Å². The molecule has 2 N–H and O–H groups in total. The minimum atomic E-state index is 0.197. The average molecular weight is 273 g/mol. The Bertz CT molecular complexity index is 613. The number of nitrogens with two attached hydrogens (primary N) is 1. The molecule has 0 aliphatic heterocycles. The Morgan fingerprint density at radius 1 is 1.10 bits per heavy atom. The highest BCUT2D eigenvalue weighted by Gasteiger charge is 2.07. The minimum absolute atomic E-state index is 0.197. The summed E-state index contributed by atoms with van der Waals surface area (Å²) in [5, 5.41) is 0. The van der Waals surface area contributed by atoms with Crippen LogP contribution in [0.1, 0.15) is 17.0 Å². The Morgan fingerprint density at radius 2 is 1.85 bits per heavy atom. The lowest BCUT2D eigenvalue weighted by molar-refractivity contribution is 0.295. The summed E-state index contributed by atoms with van der Waals surface area (Å²) in [6.45, 7) is 4.37. The average Bonchev–Trinajstić information content (AvgIpc) is 2.39. The SMILES string of the molecule is Cc1ccc(OCc2nc(N)nc(N(C)C)n2)cc1C. The highest BCUT2D eigenvalue weighted by molar-refractivity contribution is 5.34. The van der Waals surface area contributed by atoms with Gasteiger partial charge in [0.25, 0.3) is 0 Å². The second-order valence-corrected chi connectivity index (χ2v) is 4.84. The van der Waals surface area contributed by atoms with Gasteiger partial charge in [-0.05, 0) is 37.1 Å². The topological polar surface area (TPSA) is 77.2 Å². The molecule has 0 saturated heterocycles. The zero-order chi connectivity index (χ0) is 14.7. The van der Waals surface area contributed by atoms with Crippen molar-refractivity contribution in [1.29, 1.82) is 0 Å². The lowest BCUT2D eigenvalue weighted by Crippen LogP contribution is -2.16. The largest absolute Gasteiger partial charge is 0.486 e. The number of rotatable bonds is 4. The van der Waals surface area contributed by atoms with E-state index < -0.39 is 0 Å². The zero-order valence-electron chi connectivity index (χ0n) is 12.2. The van der Waals surface area contributed by atoms with E-state index in [0.29, 0.717) is 11.8 Å². The fraction of sp³-hybridized carbons (Fsp3) is 0.357. The Kier molecular flexibility index (Phi) is 4.02. The molecular weight excluding hydrogens is 254 g/mol. The fourth-order valence-corrected chi connectivity index (χ4v) is 1.64. The molecule has 0 radical (unpaired) electrons. The summed E-state index contributed by atoms with van der Waals surface area (Å²) < 4.78 is 5.69. The molecule has 0 spiro atoms. The van der Waals surface area contributed by atoms with Crippen molar-refractivity contribution < 1.29 is 4.74 Å². The van der Waals surface area contributed by atoms with Crippen LogP contribution in [0.4, 0.5) is 11.9 Å². The number of aromatic nitrogens is 3.